The van der Waals surface area contributed by atoms with Gasteiger partial charge >= 0.3 is 5.97 Å². The van der Waals surface area contributed by atoms with Gasteiger partial charge in [-0.05, 0) is 24.9 Å². The van der Waals surface area contributed by atoms with Crippen LogP contribution >= 0.6 is 0 Å². The zero-order valence-electron chi connectivity index (χ0n) is 9.24. The molecule has 1 heterocycles. The number of hydrogen-bond acceptors (Lipinski definition) is 3. The molecule has 15 heavy (non-hydrogen) atoms. The summed E-state index contributed by atoms with van der Waals surface area (Å²) in [6.07, 6.45) is 5.87. The molecule has 0 aromatic carbocycles. The van der Waals surface area contributed by atoms with E-state index in [1.807, 2.05) is 0 Å². The number of rotatable bonds is 6. The Hall–Kier alpha value is -0.613. The fraction of sp³-hybridized carbons (Fsp3) is 0.727. The second-order valence-corrected chi connectivity index (χ2v) is 6.59. The van der Waals surface area contributed by atoms with E-state index in [1.54, 1.807) is 0 Å². The number of ether oxygens (including phenoxy) is 1. The molecule has 1 atom stereocenters. The van der Waals surface area contributed by atoms with Crippen molar-refractivity contribution in [2.45, 2.75) is 37.8 Å². The summed E-state index contributed by atoms with van der Waals surface area (Å²) in [6.45, 7) is 4.84. The lowest BCUT2D eigenvalue weighted by Gasteiger charge is -2.20. The minimum Gasteiger partial charge on any atom is -0.463 e. The Morgan fingerprint density at radius 3 is 3.00 bits per heavy atom. The van der Waals surface area contributed by atoms with Crippen LogP contribution in [0.2, 0.25) is 12.1 Å². The summed E-state index contributed by atoms with van der Waals surface area (Å²) in [5.74, 6) is -0.318. The Kier molecular flexibility index (Phi) is 6.35. The van der Waals surface area contributed by atoms with Crippen LogP contribution in [0.3, 0.4) is 0 Å². The van der Waals surface area contributed by atoms with Crippen LogP contribution in [-0.2, 0) is 14.0 Å². The third-order valence-corrected chi connectivity index (χ3v) is 5.42. The van der Waals surface area contributed by atoms with Crippen molar-refractivity contribution < 1.29 is 14.0 Å². The van der Waals surface area contributed by atoms with Crippen LogP contribution < -0.4 is 0 Å². The Morgan fingerprint density at radius 2 is 2.33 bits per heavy atom. The largest absolute Gasteiger partial charge is 0.463 e. The van der Waals surface area contributed by atoms with Crippen LogP contribution in [0.4, 0.5) is 0 Å². The molecule has 0 saturated carbocycles. The van der Waals surface area contributed by atoms with Crippen molar-refractivity contribution >= 4 is 15.0 Å². The summed E-state index contributed by atoms with van der Waals surface area (Å²) >= 11 is 0. The molecule has 0 aromatic heterocycles. The summed E-state index contributed by atoms with van der Waals surface area (Å²) in [5, 5.41) is 0. The molecule has 1 rings (SSSR count). The van der Waals surface area contributed by atoms with Crippen LogP contribution in [0.5, 0.6) is 0 Å². The standard InChI is InChI=1S/C11H20O3Si/c1-2-11(12)13-7-3-5-9-15-10-6-4-8-14-15/h2,15H,1,3-10H2. The maximum absolute atomic E-state index is 10.7. The smallest absolute Gasteiger partial charge is 0.330 e. The van der Waals surface area contributed by atoms with E-state index in [4.69, 9.17) is 9.16 Å². The number of carbonyl (C=O) groups is 1. The van der Waals surface area contributed by atoms with Crippen molar-refractivity contribution in [2.75, 3.05) is 13.2 Å². The van der Waals surface area contributed by atoms with Gasteiger partial charge < -0.3 is 9.16 Å². The average Bonchev–Trinajstić information content (AvgIpc) is 2.29. The zero-order chi connectivity index (χ0) is 10.9. The van der Waals surface area contributed by atoms with Crippen LogP contribution in [0, 0.1) is 0 Å². The molecule has 1 unspecified atom stereocenters. The third kappa shape index (κ3) is 5.74. The first-order valence-electron chi connectivity index (χ1n) is 5.73. The zero-order valence-corrected chi connectivity index (χ0v) is 10.4. The van der Waals surface area contributed by atoms with Crippen molar-refractivity contribution in [1.29, 1.82) is 0 Å². The minimum atomic E-state index is -0.861. The molecule has 1 saturated heterocycles. The Morgan fingerprint density at radius 1 is 1.47 bits per heavy atom. The van der Waals surface area contributed by atoms with E-state index in [1.165, 1.54) is 31.0 Å². The van der Waals surface area contributed by atoms with Gasteiger partial charge in [-0.1, -0.05) is 19.4 Å². The van der Waals surface area contributed by atoms with Gasteiger partial charge in [-0.3, -0.25) is 0 Å². The van der Waals surface area contributed by atoms with Crippen LogP contribution in [0.25, 0.3) is 0 Å². The first kappa shape index (κ1) is 12.5. The van der Waals surface area contributed by atoms with Gasteiger partial charge in [-0.15, -0.1) is 0 Å². The van der Waals surface area contributed by atoms with E-state index in [0.29, 0.717) is 6.61 Å². The molecule has 0 aromatic rings. The lowest BCUT2D eigenvalue weighted by molar-refractivity contribution is -0.137. The van der Waals surface area contributed by atoms with Gasteiger partial charge in [0.15, 0.2) is 9.04 Å². The highest BCUT2D eigenvalue weighted by atomic mass is 28.3. The molecule has 0 aliphatic carbocycles. The molecule has 3 nitrogen and oxygen atoms in total. The van der Waals surface area contributed by atoms with Gasteiger partial charge in [-0.2, -0.15) is 0 Å². The topological polar surface area (TPSA) is 35.5 Å². The molecule has 0 bridgehead atoms. The summed E-state index contributed by atoms with van der Waals surface area (Å²) in [6, 6.07) is 2.55. The van der Waals surface area contributed by atoms with Gasteiger partial charge in [0.25, 0.3) is 0 Å². The first-order chi connectivity index (χ1) is 7.33. The van der Waals surface area contributed by atoms with E-state index < -0.39 is 9.04 Å². The molecule has 0 radical (unpaired) electrons. The number of hydrogen-bond donors (Lipinski definition) is 0. The number of unbranched alkanes of at least 4 members (excludes halogenated alkanes) is 1. The van der Waals surface area contributed by atoms with E-state index in [0.717, 1.165) is 19.4 Å². The number of esters is 1. The van der Waals surface area contributed by atoms with Crippen molar-refractivity contribution in [3.05, 3.63) is 12.7 Å². The molecule has 1 aliphatic rings. The van der Waals surface area contributed by atoms with E-state index in [-0.39, 0.29) is 5.97 Å². The lowest BCUT2D eigenvalue weighted by Crippen LogP contribution is -2.22. The molecule has 0 spiro atoms. The van der Waals surface area contributed by atoms with Crippen molar-refractivity contribution in [2.24, 2.45) is 0 Å². The van der Waals surface area contributed by atoms with Crippen molar-refractivity contribution in [3.63, 3.8) is 0 Å². The Balaban J connectivity index is 1.91. The van der Waals surface area contributed by atoms with Gasteiger partial charge in [-0.25, -0.2) is 4.79 Å². The van der Waals surface area contributed by atoms with Crippen LogP contribution in [0.15, 0.2) is 12.7 Å². The Labute approximate surface area is 93.2 Å². The highest BCUT2D eigenvalue weighted by Gasteiger charge is 2.15. The molecule has 0 amide bonds. The maximum atomic E-state index is 10.7. The molecule has 0 N–H and O–H groups in total. The fourth-order valence-corrected chi connectivity index (χ4v) is 4.35. The monoisotopic (exact) mass is 228 g/mol. The first-order valence-corrected chi connectivity index (χ1v) is 7.84. The second kappa shape index (κ2) is 7.65. The quantitative estimate of drug-likeness (QED) is 0.302. The van der Waals surface area contributed by atoms with Crippen molar-refractivity contribution in [1.82, 2.24) is 0 Å². The normalized spacial score (nSPS) is 20.9. The number of carbonyl (C=O) groups excluding carboxylic acids is 1. The van der Waals surface area contributed by atoms with Crippen LogP contribution in [0.1, 0.15) is 25.7 Å². The highest BCUT2D eigenvalue weighted by Crippen LogP contribution is 2.16. The summed E-state index contributed by atoms with van der Waals surface area (Å²) in [4.78, 5) is 10.7. The van der Waals surface area contributed by atoms with Crippen LogP contribution in [-0.4, -0.2) is 28.2 Å². The third-order valence-electron chi connectivity index (χ3n) is 2.61. The maximum Gasteiger partial charge on any atom is 0.330 e. The van der Waals surface area contributed by atoms with E-state index >= 15 is 0 Å². The van der Waals surface area contributed by atoms with Gasteiger partial charge in [0.05, 0.1) is 6.61 Å². The molecular weight excluding hydrogens is 208 g/mol. The average molecular weight is 228 g/mol. The van der Waals surface area contributed by atoms with Gasteiger partial charge in [0, 0.05) is 12.7 Å². The molecular formula is C11H20O3Si. The van der Waals surface area contributed by atoms with Crippen molar-refractivity contribution in [3.8, 4) is 0 Å². The van der Waals surface area contributed by atoms with E-state index in [9.17, 15) is 4.79 Å². The predicted molar refractivity (Wildman–Crippen MR) is 62.3 cm³/mol. The minimum absolute atomic E-state index is 0.318. The SMILES string of the molecule is C=CC(=O)OCCCC[SiH]1CCCCO1. The highest BCUT2D eigenvalue weighted by molar-refractivity contribution is 6.51. The lowest BCUT2D eigenvalue weighted by atomic mass is 10.3. The fourth-order valence-electron chi connectivity index (χ4n) is 1.74. The molecule has 1 aliphatic heterocycles. The summed E-state index contributed by atoms with van der Waals surface area (Å²) in [5.41, 5.74) is 0. The van der Waals surface area contributed by atoms with Gasteiger partial charge in [0.1, 0.15) is 0 Å². The molecule has 1 fully saturated rings. The molecule has 4 heteroatoms. The van der Waals surface area contributed by atoms with E-state index in [2.05, 4.69) is 6.58 Å². The second-order valence-electron chi connectivity index (χ2n) is 3.86. The summed E-state index contributed by atoms with van der Waals surface area (Å²) < 4.78 is 10.6. The van der Waals surface area contributed by atoms with Gasteiger partial charge in [0.2, 0.25) is 0 Å². The molecule has 86 valence electrons. The predicted octanol–water partition coefficient (Wildman–Crippen LogP) is 2.03. The Bertz CT molecular complexity index is 200. The summed E-state index contributed by atoms with van der Waals surface area (Å²) in [7, 11) is -0.861.